The summed E-state index contributed by atoms with van der Waals surface area (Å²) in [6.07, 6.45) is -0.122. The van der Waals surface area contributed by atoms with Gasteiger partial charge in [-0.1, -0.05) is 12.1 Å². The smallest absolute Gasteiger partial charge is 0.290 e. The molecule has 24 heavy (non-hydrogen) atoms. The minimum Gasteiger partial charge on any atom is -0.497 e. The molecule has 2 aromatic rings. The number of nitrogens with zero attached hydrogens (tertiary/aromatic N) is 1. The van der Waals surface area contributed by atoms with Crippen LogP contribution >= 0.6 is 0 Å². The summed E-state index contributed by atoms with van der Waals surface area (Å²) < 4.78 is 10.7. The molecular weight excluding hydrogens is 310 g/mol. The van der Waals surface area contributed by atoms with E-state index >= 15 is 0 Å². The number of benzene rings is 1. The number of aliphatic hydroxyl groups excluding tert-OH is 2. The van der Waals surface area contributed by atoms with Crippen molar-refractivity contribution >= 4 is 5.91 Å². The molecule has 0 bridgehead atoms. The fraction of sp³-hybridized carbons (Fsp3) is 0.389. The van der Waals surface area contributed by atoms with Crippen molar-refractivity contribution in [3.05, 3.63) is 53.0 Å². The molecule has 0 spiro atoms. The number of rotatable bonds is 4. The van der Waals surface area contributed by atoms with Crippen LogP contribution in [-0.2, 0) is 6.61 Å². The van der Waals surface area contributed by atoms with Crippen LogP contribution in [-0.4, -0.2) is 40.8 Å². The Labute approximate surface area is 140 Å². The lowest BCUT2D eigenvalue weighted by atomic mass is 10.0. The molecule has 1 aromatic heterocycles. The zero-order valence-electron chi connectivity index (χ0n) is 13.7. The maximum absolute atomic E-state index is 12.9. The Morgan fingerprint density at radius 1 is 1.42 bits per heavy atom. The van der Waals surface area contributed by atoms with E-state index in [0.29, 0.717) is 23.5 Å². The van der Waals surface area contributed by atoms with Gasteiger partial charge in [-0.2, -0.15) is 0 Å². The molecule has 0 saturated carbocycles. The Morgan fingerprint density at radius 2 is 2.21 bits per heavy atom. The maximum atomic E-state index is 12.9. The third kappa shape index (κ3) is 3.02. The topological polar surface area (TPSA) is 83.1 Å². The van der Waals surface area contributed by atoms with Crippen LogP contribution in [0, 0.1) is 6.92 Å². The van der Waals surface area contributed by atoms with Crippen molar-refractivity contribution in [3.63, 3.8) is 0 Å². The summed E-state index contributed by atoms with van der Waals surface area (Å²) in [6, 6.07) is 8.90. The quantitative estimate of drug-likeness (QED) is 0.896. The van der Waals surface area contributed by atoms with E-state index in [-0.39, 0.29) is 30.9 Å². The second-order valence-electron chi connectivity index (χ2n) is 6.02. The zero-order valence-corrected chi connectivity index (χ0v) is 13.7. The van der Waals surface area contributed by atoms with Crippen molar-refractivity contribution in [2.24, 2.45) is 0 Å². The van der Waals surface area contributed by atoms with Crippen molar-refractivity contribution < 1.29 is 24.2 Å². The van der Waals surface area contributed by atoms with Gasteiger partial charge in [0.2, 0.25) is 0 Å². The van der Waals surface area contributed by atoms with E-state index in [9.17, 15) is 15.0 Å². The first-order valence-electron chi connectivity index (χ1n) is 7.86. The predicted octanol–water partition coefficient (Wildman–Crippen LogP) is 2.04. The van der Waals surface area contributed by atoms with Gasteiger partial charge in [0.15, 0.2) is 5.76 Å². The molecule has 1 amide bonds. The molecule has 0 aliphatic carbocycles. The maximum Gasteiger partial charge on any atom is 0.290 e. The molecule has 0 radical (unpaired) electrons. The van der Waals surface area contributed by atoms with Crippen molar-refractivity contribution in [2.75, 3.05) is 13.7 Å². The first-order valence-corrected chi connectivity index (χ1v) is 7.86. The van der Waals surface area contributed by atoms with Crippen LogP contribution in [0.25, 0.3) is 0 Å². The molecule has 1 fully saturated rings. The van der Waals surface area contributed by atoms with Crippen molar-refractivity contribution in [3.8, 4) is 5.75 Å². The van der Waals surface area contributed by atoms with Gasteiger partial charge >= 0.3 is 0 Å². The first-order chi connectivity index (χ1) is 11.5. The molecule has 6 heteroatoms. The Balaban J connectivity index is 1.92. The highest BCUT2D eigenvalue weighted by atomic mass is 16.5. The van der Waals surface area contributed by atoms with Crippen LogP contribution in [0.4, 0.5) is 0 Å². The van der Waals surface area contributed by atoms with Crippen molar-refractivity contribution in [1.82, 2.24) is 4.90 Å². The SMILES string of the molecule is COc1cccc([C@@H]2C[C@@H](O)CN2C(=O)c2oc(CO)cc2C)c1. The fourth-order valence-electron chi connectivity index (χ4n) is 3.17. The number of β-amino-alcohol motifs (C(OH)–C–C–N with tert-alkyl or cyclic N) is 1. The number of hydrogen-bond donors (Lipinski definition) is 2. The molecule has 2 N–H and O–H groups in total. The molecule has 6 nitrogen and oxygen atoms in total. The van der Waals surface area contributed by atoms with E-state index in [1.165, 1.54) is 0 Å². The molecule has 128 valence electrons. The van der Waals surface area contributed by atoms with E-state index in [0.717, 1.165) is 5.56 Å². The number of carbonyl (C=O) groups is 1. The molecular formula is C18H21NO5. The summed E-state index contributed by atoms with van der Waals surface area (Å²) in [5.74, 6) is 0.990. The molecule has 2 atom stereocenters. The number of methoxy groups -OCH3 is 1. The number of aliphatic hydroxyl groups is 2. The second kappa shape index (κ2) is 6.67. The summed E-state index contributed by atoms with van der Waals surface area (Å²) in [7, 11) is 1.59. The molecule has 3 rings (SSSR count). The van der Waals surface area contributed by atoms with Gasteiger partial charge in [0, 0.05) is 12.1 Å². The van der Waals surface area contributed by atoms with Gasteiger partial charge in [-0.25, -0.2) is 0 Å². The molecule has 1 aliphatic rings. The number of likely N-dealkylation sites (tertiary alicyclic amines) is 1. The Morgan fingerprint density at radius 3 is 2.88 bits per heavy atom. The Hall–Kier alpha value is -2.31. The highest BCUT2D eigenvalue weighted by molar-refractivity contribution is 5.93. The normalized spacial score (nSPS) is 20.4. The van der Waals surface area contributed by atoms with Crippen LogP contribution in [0.3, 0.4) is 0 Å². The largest absolute Gasteiger partial charge is 0.497 e. The standard InChI is InChI=1S/C18H21NO5/c1-11-6-15(10-20)24-17(11)18(22)19-9-13(21)8-16(19)12-4-3-5-14(7-12)23-2/h3-7,13,16,20-21H,8-10H2,1-2H3/t13-,16+/m1/s1. The van der Waals surface area contributed by atoms with Gasteiger partial charge in [0.25, 0.3) is 5.91 Å². The molecule has 2 heterocycles. The minimum absolute atomic E-state index is 0.209. The summed E-state index contributed by atoms with van der Waals surface area (Å²) in [5, 5.41) is 19.3. The number of aryl methyl sites for hydroxylation is 1. The average molecular weight is 331 g/mol. The summed E-state index contributed by atoms with van der Waals surface area (Å²) >= 11 is 0. The predicted molar refractivity (Wildman–Crippen MR) is 86.8 cm³/mol. The monoisotopic (exact) mass is 331 g/mol. The number of amides is 1. The van der Waals surface area contributed by atoms with Gasteiger partial charge in [-0.3, -0.25) is 4.79 Å². The Kier molecular flexibility index (Phi) is 4.59. The lowest BCUT2D eigenvalue weighted by Crippen LogP contribution is -2.32. The Bertz CT molecular complexity index is 739. The van der Waals surface area contributed by atoms with Gasteiger partial charge < -0.3 is 24.3 Å². The van der Waals surface area contributed by atoms with Gasteiger partial charge in [-0.05, 0) is 37.1 Å². The van der Waals surface area contributed by atoms with Crippen LogP contribution in [0.1, 0.15) is 39.9 Å². The highest BCUT2D eigenvalue weighted by Gasteiger charge is 2.37. The van der Waals surface area contributed by atoms with Crippen LogP contribution < -0.4 is 4.74 Å². The summed E-state index contributed by atoms with van der Waals surface area (Å²) in [5.41, 5.74) is 1.58. The van der Waals surface area contributed by atoms with Gasteiger partial charge in [-0.15, -0.1) is 0 Å². The highest BCUT2D eigenvalue weighted by Crippen LogP contribution is 2.35. The average Bonchev–Trinajstić information content (AvgIpc) is 3.17. The van der Waals surface area contributed by atoms with Crippen molar-refractivity contribution in [2.45, 2.75) is 32.1 Å². The fourth-order valence-corrected chi connectivity index (χ4v) is 3.17. The van der Waals surface area contributed by atoms with E-state index < -0.39 is 6.10 Å². The minimum atomic E-state index is -0.585. The van der Waals surface area contributed by atoms with Gasteiger partial charge in [0.05, 0.1) is 19.3 Å². The molecule has 0 unspecified atom stereocenters. The number of carbonyl (C=O) groups excluding carboxylic acids is 1. The molecule has 1 aliphatic heterocycles. The molecule has 1 aromatic carbocycles. The summed E-state index contributed by atoms with van der Waals surface area (Å²) in [6.45, 7) is 1.76. The number of hydrogen-bond acceptors (Lipinski definition) is 5. The van der Waals surface area contributed by atoms with Gasteiger partial charge in [0.1, 0.15) is 18.1 Å². The first kappa shape index (κ1) is 16.5. The van der Waals surface area contributed by atoms with E-state index in [2.05, 4.69) is 0 Å². The van der Waals surface area contributed by atoms with Crippen LogP contribution in [0.15, 0.2) is 34.7 Å². The van der Waals surface area contributed by atoms with Crippen molar-refractivity contribution in [1.29, 1.82) is 0 Å². The molecule has 1 saturated heterocycles. The van der Waals surface area contributed by atoms with E-state index in [1.54, 1.807) is 25.0 Å². The van der Waals surface area contributed by atoms with E-state index in [1.807, 2.05) is 24.3 Å². The second-order valence-corrected chi connectivity index (χ2v) is 6.02. The van der Waals surface area contributed by atoms with E-state index in [4.69, 9.17) is 9.15 Å². The van der Waals surface area contributed by atoms with Crippen LogP contribution in [0.5, 0.6) is 5.75 Å². The number of ether oxygens (including phenoxy) is 1. The van der Waals surface area contributed by atoms with Crippen LogP contribution in [0.2, 0.25) is 0 Å². The third-order valence-electron chi connectivity index (χ3n) is 4.34. The lowest BCUT2D eigenvalue weighted by molar-refractivity contribution is 0.0678. The lowest BCUT2D eigenvalue weighted by Gasteiger charge is -2.24. The summed E-state index contributed by atoms with van der Waals surface area (Å²) in [4.78, 5) is 14.5. The third-order valence-corrected chi connectivity index (χ3v) is 4.34. The number of furan rings is 1. The zero-order chi connectivity index (χ0) is 17.3.